The van der Waals surface area contributed by atoms with Crippen molar-refractivity contribution in [2.24, 2.45) is 0 Å². The first-order valence-electron chi connectivity index (χ1n) is 6.91. The number of rotatable bonds is 1. The molecule has 0 amide bonds. The van der Waals surface area contributed by atoms with Crippen LogP contribution in [0.25, 0.3) is 0 Å². The number of carbonyl (C=O) groups excluding carboxylic acids is 1. The third kappa shape index (κ3) is 1.48. The molecule has 0 saturated carbocycles. The Hall–Kier alpha value is -2.35. The van der Waals surface area contributed by atoms with Gasteiger partial charge < -0.3 is 4.90 Å². The van der Waals surface area contributed by atoms with Crippen LogP contribution in [-0.2, 0) is 4.79 Å². The zero-order valence-electron chi connectivity index (χ0n) is 11.3. The fraction of sp³-hybridized carbons (Fsp3) is 0.167. The predicted molar refractivity (Wildman–Crippen MR) is 79.7 cm³/mol. The van der Waals surface area contributed by atoms with Crippen LogP contribution < -0.4 is 4.90 Å². The molecular weight excluding hydrogens is 246 g/mol. The number of benzene rings is 2. The summed E-state index contributed by atoms with van der Waals surface area (Å²) in [4.78, 5) is 14.6. The molecule has 2 aliphatic heterocycles. The normalized spacial score (nSPS) is 23.1. The van der Waals surface area contributed by atoms with Crippen molar-refractivity contribution in [3.63, 3.8) is 0 Å². The van der Waals surface area contributed by atoms with E-state index in [1.165, 1.54) is 11.1 Å². The van der Waals surface area contributed by atoms with Crippen molar-refractivity contribution in [3.05, 3.63) is 77.4 Å². The maximum absolute atomic E-state index is 12.3. The Labute approximate surface area is 118 Å². The van der Waals surface area contributed by atoms with E-state index < -0.39 is 0 Å². The number of aryl methyl sites for hydroxylation is 1. The first-order valence-corrected chi connectivity index (χ1v) is 6.91. The van der Waals surface area contributed by atoms with Gasteiger partial charge in [-0.05, 0) is 36.3 Å². The number of carbonyl (C=O) groups is 1. The van der Waals surface area contributed by atoms with E-state index >= 15 is 0 Å². The molecule has 2 aromatic carbocycles. The number of nitrogens with zero attached hydrogens (tertiary/aromatic N) is 1. The molecule has 20 heavy (non-hydrogen) atoms. The average Bonchev–Trinajstić information content (AvgIpc) is 2.73. The summed E-state index contributed by atoms with van der Waals surface area (Å²) < 4.78 is 0. The highest BCUT2D eigenvalue weighted by atomic mass is 16.1. The van der Waals surface area contributed by atoms with Crippen LogP contribution in [0.4, 0.5) is 5.69 Å². The van der Waals surface area contributed by atoms with Gasteiger partial charge in [0, 0.05) is 5.69 Å². The summed E-state index contributed by atoms with van der Waals surface area (Å²) in [7, 11) is 0. The molecule has 98 valence electrons. The van der Waals surface area contributed by atoms with E-state index in [2.05, 4.69) is 48.2 Å². The molecule has 0 aliphatic carbocycles. The lowest BCUT2D eigenvalue weighted by Crippen LogP contribution is -2.32. The van der Waals surface area contributed by atoms with Crippen LogP contribution in [0.15, 0.2) is 60.7 Å². The number of anilines is 1. The largest absolute Gasteiger partial charge is 0.346 e. The molecule has 0 radical (unpaired) electrons. The Balaban J connectivity index is 1.89. The molecule has 0 N–H and O–H groups in total. The summed E-state index contributed by atoms with van der Waals surface area (Å²) in [6.45, 7) is 2.08. The van der Waals surface area contributed by atoms with E-state index in [1.807, 2.05) is 18.2 Å². The Morgan fingerprint density at radius 2 is 1.65 bits per heavy atom. The summed E-state index contributed by atoms with van der Waals surface area (Å²) in [6, 6.07) is 16.7. The number of fused-ring (bicyclic) bond motifs is 5. The van der Waals surface area contributed by atoms with Gasteiger partial charge in [-0.25, -0.2) is 0 Å². The van der Waals surface area contributed by atoms with Crippen molar-refractivity contribution in [1.29, 1.82) is 0 Å². The Kier molecular flexibility index (Phi) is 2.34. The van der Waals surface area contributed by atoms with Gasteiger partial charge in [-0.3, -0.25) is 4.79 Å². The van der Waals surface area contributed by atoms with Gasteiger partial charge in [0.25, 0.3) is 0 Å². The lowest BCUT2D eigenvalue weighted by molar-refractivity contribution is -0.116. The number of hydrogen-bond acceptors (Lipinski definition) is 2. The van der Waals surface area contributed by atoms with Crippen LogP contribution >= 0.6 is 0 Å². The van der Waals surface area contributed by atoms with Crippen LogP contribution in [-0.4, -0.2) is 5.78 Å². The topological polar surface area (TPSA) is 20.3 Å². The van der Waals surface area contributed by atoms with Crippen LogP contribution in [0.1, 0.15) is 28.8 Å². The SMILES string of the molecule is Cc1ccc(N2[C@@H]3C(=O)C=C[C@H]2c2ccccc23)cc1. The lowest BCUT2D eigenvalue weighted by atomic mass is 10.0. The third-order valence-corrected chi connectivity index (χ3v) is 4.23. The van der Waals surface area contributed by atoms with Gasteiger partial charge in [-0.1, -0.05) is 48.0 Å². The predicted octanol–water partition coefficient (Wildman–Crippen LogP) is 3.74. The van der Waals surface area contributed by atoms with Gasteiger partial charge in [0.2, 0.25) is 0 Å². The Bertz CT molecular complexity index is 714. The van der Waals surface area contributed by atoms with Crippen molar-refractivity contribution < 1.29 is 4.79 Å². The van der Waals surface area contributed by atoms with Crippen LogP contribution in [0.2, 0.25) is 0 Å². The second kappa shape index (κ2) is 4.07. The molecule has 4 rings (SSSR count). The third-order valence-electron chi connectivity index (χ3n) is 4.23. The molecule has 2 bridgehead atoms. The van der Waals surface area contributed by atoms with Crippen LogP contribution in [0.3, 0.4) is 0 Å². The van der Waals surface area contributed by atoms with Gasteiger partial charge >= 0.3 is 0 Å². The second-order valence-corrected chi connectivity index (χ2v) is 5.48. The van der Waals surface area contributed by atoms with E-state index in [-0.39, 0.29) is 17.9 Å². The molecule has 0 spiro atoms. The maximum Gasteiger partial charge on any atom is 0.182 e. The van der Waals surface area contributed by atoms with Crippen molar-refractivity contribution in [2.75, 3.05) is 4.90 Å². The van der Waals surface area contributed by atoms with E-state index in [1.54, 1.807) is 6.08 Å². The van der Waals surface area contributed by atoms with E-state index in [4.69, 9.17) is 0 Å². The first-order chi connectivity index (χ1) is 9.75. The zero-order chi connectivity index (χ0) is 13.7. The lowest BCUT2D eigenvalue weighted by Gasteiger charge is -2.33. The number of ketones is 1. The smallest absolute Gasteiger partial charge is 0.182 e. The second-order valence-electron chi connectivity index (χ2n) is 5.48. The quantitative estimate of drug-likeness (QED) is 0.779. The molecule has 0 unspecified atom stereocenters. The van der Waals surface area contributed by atoms with Gasteiger partial charge in [-0.15, -0.1) is 0 Å². The van der Waals surface area contributed by atoms with Crippen LogP contribution in [0, 0.1) is 6.92 Å². The highest BCUT2D eigenvalue weighted by Crippen LogP contribution is 2.48. The van der Waals surface area contributed by atoms with Gasteiger partial charge in [0.15, 0.2) is 5.78 Å². The molecule has 0 saturated heterocycles. The van der Waals surface area contributed by atoms with Crippen molar-refractivity contribution >= 4 is 11.5 Å². The van der Waals surface area contributed by atoms with E-state index in [0.717, 1.165) is 11.3 Å². The van der Waals surface area contributed by atoms with Gasteiger partial charge in [0.1, 0.15) is 6.04 Å². The molecule has 2 nitrogen and oxygen atoms in total. The molecule has 2 heterocycles. The minimum Gasteiger partial charge on any atom is -0.346 e. The van der Waals surface area contributed by atoms with E-state index in [0.29, 0.717) is 0 Å². The first kappa shape index (κ1) is 11.5. The summed E-state index contributed by atoms with van der Waals surface area (Å²) in [5.74, 6) is 0.173. The molecular formula is C18H15NO. The fourth-order valence-electron chi connectivity index (χ4n) is 3.28. The highest BCUT2D eigenvalue weighted by molar-refractivity contribution is 6.01. The minimum atomic E-state index is -0.163. The Morgan fingerprint density at radius 1 is 0.950 bits per heavy atom. The molecule has 2 aliphatic rings. The summed E-state index contributed by atoms with van der Waals surface area (Å²) in [6.07, 6.45) is 3.75. The van der Waals surface area contributed by atoms with Crippen molar-refractivity contribution in [3.8, 4) is 0 Å². The molecule has 0 aromatic heterocycles. The van der Waals surface area contributed by atoms with Crippen molar-refractivity contribution in [1.82, 2.24) is 0 Å². The van der Waals surface area contributed by atoms with Gasteiger partial charge in [0.05, 0.1) is 6.04 Å². The average molecular weight is 261 g/mol. The molecule has 2 aromatic rings. The monoisotopic (exact) mass is 261 g/mol. The maximum atomic E-state index is 12.3. The summed E-state index contributed by atoms with van der Waals surface area (Å²) in [5.41, 5.74) is 4.74. The molecule has 0 fully saturated rings. The zero-order valence-corrected chi connectivity index (χ0v) is 11.3. The number of hydrogen-bond donors (Lipinski definition) is 0. The van der Waals surface area contributed by atoms with Gasteiger partial charge in [-0.2, -0.15) is 0 Å². The summed E-state index contributed by atoms with van der Waals surface area (Å²) in [5, 5.41) is 0. The molecule has 2 atom stereocenters. The standard InChI is InChI=1S/C18H15NO/c1-12-6-8-13(9-7-12)19-16-10-11-17(20)18(19)15-5-3-2-4-14(15)16/h2-11,16,18H,1H3/t16-,18-/m0/s1. The van der Waals surface area contributed by atoms with Crippen molar-refractivity contribution in [2.45, 2.75) is 19.0 Å². The minimum absolute atomic E-state index is 0.163. The van der Waals surface area contributed by atoms with Crippen LogP contribution in [0.5, 0.6) is 0 Å². The Morgan fingerprint density at radius 3 is 2.40 bits per heavy atom. The summed E-state index contributed by atoms with van der Waals surface area (Å²) >= 11 is 0. The highest BCUT2D eigenvalue weighted by Gasteiger charge is 2.42. The molecule has 2 heteroatoms. The van der Waals surface area contributed by atoms with E-state index in [9.17, 15) is 4.79 Å². The fourth-order valence-corrected chi connectivity index (χ4v) is 3.28.